The predicted octanol–water partition coefficient (Wildman–Crippen LogP) is 1.91. The van der Waals surface area contributed by atoms with E-state index in [9.17, 15) is 4.79 Å². The summed E-state index contributed by atoms with van der Waals surface area (Å²) >= 11 is 0. The summed E-state index contributed by atoms with van der Waals surface area (Å²) in [6.07, 6.45) is 7.43. The highest BCUT2D eigenvalue weighted by Gasteiger charge is 2.31. The van der Waals surface area contributed by atoms with E-state index in [-0.39, 0.29) is 11.9 Å². The van der Waals surface area contributed by atoms with E-state index in [1.807, 2.05) is 48.3 Å². The van der Waals surface area contributed by atoms with E-state index in [1.165, 1.54) is 0 Å². The number of carbonyl (C=O) groups is 1. The second kappa shape index (κ2) is 6.91. The molecule has 122 valence electrons. The first kappa shape index (κ1) is 15.7. The third-order valence-electron chi connectivity index (χ3n) is 4.19. The van der Waals surface area contributed by atoms with Gasteiger partial charge in [-0.05, 0) is 38.4 Å². The van der Waals surface area contributed by atoms with Crippen LogP contribution in [-0.4, -0.2) is 50.8 Å². The van der Waals surface area contributed by atoms with Gasteiger partial charge in [0.1, 0.15) is 5.82 Å². The molecule has 3 heterocycles. The number of imidazole rings is 1. The summed E-state index contributed by atoms with van der Waals surface area (Å²) in [5.74, 6) is 1.07. The molecular formula is C17H23N5O. The number of pyridine rings is 1. The molecule has 0 spiro atoms. The zero-order valence-corrected chi connectivity index (χ0v) is 13.7. The number of amides is 1. The second-order valence-corrected chi connectivity index (χ2v) is 6.23. The van der Waals surface area contributed by atoms with Crippen molar-refractivity contribution in [2.24, 2.45) is 0 Å². The first-order valence-corrected chi connectivity index (χ1v) is 8.02. The highest BCUT2D eigenvalue weighted by Crippen LogP contribution is 2.30. The van der Waals surface area contributed by atoms with E-state index < -0.39 is 0 Å². The number of aromatic nitrogens is 3. The van der Waals surface area contributed by atoms with Crippen LogP contribution in [0, 0.1) is 6.92 Å². The van der Waals surface area contributed by atoms with Gasteiger partial charge in [0, 0.05) is 37.4 Å². The highest BCUT2D eigenvalue weighted by molar-refractivity contribution is 5.79. The molecule has 0 radical (unpaired) electrons. The molecule has 1 aliphatic heterocycles. The Morgan fingerprint density at radius 1 is 1.48 bits per heavy atom. The van der Waals surface area contributed by atoms with Gasteiger partial charge in [0.15, 0.2) is 0 Å². The Balaban J connectivity index is 1.60. The molecule has 2 aromatic rings. The molecule has 1 N–H and O–H groups in total. The smallest absolute Gasteiger partial charge is 0.237 e. The van der Waals surface area contributed by atoms with Gasteiger partial charge in [0.25, 0.3) is 0 Å². The molecule has 0 unspecified atom stereocenters. The lowest BCUT2D eigenvalue weighted by Gasteiger charge is -2.26. The lowest BCUT2D eigenvalue weighted by molar-refractivity contribution is -0.133. The van der Waals surface area contributed by atoms with E-state index in [0.29, 0.717) is 6.54 Å². The van der Waals surface area contributed by atoms with Crippen LogP contribution in [0.15, 0.2) is 30.7 Å². The van der Waals surface area contributed by atoms with Crippen LogP contribution in [0.25, 0.3) is 0 Å². The van der Waals surface area contributed by atoms with Crippen molar-refractivity contribution in [2.45, 2.75) is 32.4 Å². The number of H-pyrrole nitrogens is 1. The number of aromatic amines is 1. The minimum Gasteiger partial charge on any atom is -0.344 e. The molecule has 0 aromatic carbocycles. The van der Waals surface area contributed by atoms with Crippen LogP contribution in [0.4, 0.5) is 0 Å². The minimum absolute atomic E-state index is 0.0861. The fourth-order valence-electron chi connectivity index (χ4n) is 3.13. The Labute approximate surface area is 136 Å². The third-order valence-corrected chi connectivity index (χ3v) is 4.19. The summed E-state index contributed by atoms with van der Waals surface area (Å²) in [6, 6.07) is 4.03. The van der Waals surface area contributed by atoms with Crippen LogP contribution in [0.3, 0.4) is 0 Å². The van der Waals surface area contributed by atoms with Crippen molar-refractivity contribution < 1.29 is 4.79 Å². The van der Waals surface area contributed by atoms with Gasteiger partial charge in [-0.15, -0.1) is 0 Å². The molecule has 0 aliphatic carbocycles. The van der Waals surface area contributed by atoms with Crippen LogP contribution in [0.2, 0.25) is 0 Å². The van der Waals surface area contributed by atoms with Crippen molar-refractivity contribution in [3.8, 4) is 0 Å². The summed E-state index contributed by atoms with van der Waals surface area (Å²) in [4.78, 5) is 28.4. The number of nitrogens with zero attached hydrogens (tertiary/aromatic N) is 4. The largest absolute Gasteiger partial charge is 0.344 e. The topological polar surface area (TPSA) is 65.1 Å². The molecule has 0 saturated carbocycles. The van der Waals surface area contributed by atoms with Crippen molar-refractivity contribution in [2.75, 3.05) is 20.1 Å². The Kier molecular flexibility index (Phi) is 4.71. The van der Waals surface area contributed by atoms with Gasteiger partial charge in [-0.1, -0.05) is 6.07 Å². The van der Waals surface area contributed by atoms with Crippen LogP contribution in [-0.2, 0) is 11.3 Å². The van der Waals surface area contributed by atoms with E-state index in [1.54, 1.807) is 6.20 Å². The number of hydrogen-bond donors (Lipinski definition) is 1. The Morgan fingerprint density at radius 3 is 3.04 bits per heavy atom. The van der Waals surface area contributed by atoms with Crippen molar-refractivity contribution in [3.05, 3.63) is 47.8 Å². The zero-order chi connectivity index (χ0) is 16.2. The summed E-state index contributed by atoms with van der Waals surface area (Å²) < 4.78 is 0. The Bertz CT molecular complexity index is 654. The maximum Gasteiger partial charge on any atom is 0.237 e. The van der Waals surface area contributed by atoms with Gasteiger partial charge in [0.05, 0.1) is 12.6 Å². The molecule has 2 aromatic heterocycles. The molecule has 1 aliphatic rings. The van der Waals surface area contributed by atoms with E-state index in [0.717, 1.165) is 43.0 Å². The third kappa shape index (κ3) is 3.76. The number of carbonyl (C=O) groups excluding carboxylic acids is 1. The molecule has 23 heavy (non-hydrogen) atoms. The molecule has 3 rings (SSSR count). The lowest BCUT2D eigenvalue weighted by Crippen LogP contribution is -2.38. The van der Waals surface area contributed by atoms with E-state index in [4.69, 9.17) is 0 Å². The quantitative estimate of drug-likeness (QED) is 0.916. The minimum atomic E-state index is 0.0861. The SMILES string of the molecule is Cc1cnc([C@H]2CCCN2C(=O)CN(C)Cc2cccnc2)[nH]1. The summed E-state index contributed by atoms with van der Waals surface area (Å²) in [5.41, 5.74) is 2.15. The van der Waals surface area contributed by atoms with Gasteiger partial charge in [0.2, 0.25) is 5.91 Å². The number of hydrogen-bond acceptors (Lipinski definition) is 4. The first-order valence-electron chi connectivity index (χ1n) is 8.02. The summed E-state index contributed by atoms with van der Waals surface area (Å²) in [6.45, 7) is 3.92. The fraction of sp³-hybridized carbons (Fsp3) is 0.471. The molecule has 1 amide bonds. The number of likely N-dealkylation sites (tertiary alicyclic amines) is 1. The molecular weight excluding hydrogens is 290 g/mol. The van der Waals surface area contributed by atoms with Crippen molar-refractivity contribution in [1.29, 1.82) is 0 Å². The van der Waals surface area contributed by atoms with E-state index >= 15 is 0 Å². The maximum absolute atomic E-state index is 12.7. The molecule has 0 bridgehead atoms. The monoisotopic (exact) mass is 313 g/mol. The van der Waals surface area contributed by atoms with E-state index in [2.05, 4.69) is 15.0 Å². The summed E-state index contributed by atoms with van der Waals surface area (Å²) in [7, 11) is 1.97. The van der Waals surface area contributed by atoms with Crippen LogP contribution >= 0.6 is 0 Å². The second-order valence-electron chi connectivity index (χ2n) is 6.23. The van der Waals surface area contributed by atoms with Crippen molar-refractivity contribution in [1.82, 2.24) is 24.8 Å². The number of rotatable bonds is 5. The molecule has 1 saturated heterocycles. The van der Waals surface area contributed by atoms with Gasteiger partial charge in [-0.3, -0.25) is 14.7 Å². The summed E-state index contributed by atoms with van der Waals surface area (Å²) in [5, 5.41) is 0. The van der Waals surface area contributed by atoms with Gasteiger partial charge in [-0.25, -0.2) is 4.98 Å². The standard InChI is InChI=1S/C17H23N5O/c1-13-9-19-17(20-13)15-6-4-8-22(15)16(23)12-21(2)11-14-5-3-7-18-10-14/h3,5,7,9-10,15H,4,6,8,11-12H2,1-2H3,(H,19,20)/t15-/m1/s1. The average molecular weight is 313 g/mol. The number of nitrogens with one attached hydrogen (secondary N) is 1. The number of aryl methyl sites for hydroxylation is 1. The van der Waals surface area contributed by atoms with Crippen molar-refractivity contribution >= 4 is 5.91 Å². The average Bonchev–Trinajstić information content (AvgIpc) is 3.16. The van der Waals surface area contributed by atoms with Gasteiger partial charge >= 0.3 is 0 Å². The maximum atomic E-state index is 12.7. The highest BCUT2D eigenvalue weighted by atomic mass is 16.2. The normalized spacial score (nSPS) is 17.9. The van der Waals surface area contributed by atoms with Crippen molar-refractivity contribution in [3.63, 3.8) is 0 Å². The van der Waals surface area contributed by atoms with Crippen LogP contribution in [0.1, 0.15) is 36.0 Å². The molecule has 1 atom stereocenters. The fourth-order valence-corrected chi connectivity index (χ4v) is 3.13. The van der Waals surface area contributed by atoms with Crippen LogP contribution in [0.5, 0.6) is 0 Å². The Morgan fingerprint density at radius 2 is 2.35 bits per heavy atom. The van der Waals surface area contributed by atoms with Crippen LogP contribution < -0.4 is 0 Å². The predicted molar refractivity (Wildman–Crippen MR) is 87.6 cm³/mol. The lowest BCUT2D eigenvalue weighted by atomic mass is 10.2. The molecule has 6 heteroatoms. The molecule has 1 fully saturated rings. The molecule has 6 nitrogen and oxygen atoms in total. The Hall–Kier alpha value is -2.21. The van der Waals surface area contributed by atoms with Gasteiger partial charge in [-0.2, -0.15) is 0 Å². The first-order chi connectivity index (χ1) is 11.1. The number of likely N-dealkylation sites (N-methyl/N-ethyl adjacent to an activating group) is 1. The van der Waals surface area contributed by atoms with Gasteiger partial charge < -0.3 is 9.88 Å². The zero-order valence-electron chi connectivity index (χ0n) is 13.7.